The summed E-state index contributed by atoms with van der Waals surface area (Å²) >= 11 is 5.13. The smallest absolute Gasteiger partial charge is 0.261 e. The zero-order chi connectivity index (χ0) is 16.5. The quantitative estimate of drug-likeness (QED) is 0.149. The van der Waals surface area contributed by atoms with Gasteiger partial charge in [-0.1, -0.05) is 96.8 Å². The summed E-state index contributed by atoms with van der Waals surface area (Å²) in [4.78, 5) is 11.0. The number of hydrogen-bond donors (Lipinski definition) is 1. The summed E-state index contributed by atoms with van der Waals surface area (Å²) in [6.45, 7) is 2.27. The van der Waals surface area contributed by atoms with E-state index >= 15 is 0 Å². The Hall–Kier alpha value is -0.280. The molecule has 0 saturated carbocycles. The van der Waals surface area contributed by atoms with Gasteiger partial charge in [0.15, 0.2) is 0 Å². The van der Waals surface area contributed by atoms with E-state index in [0.29, 0.717) is 6.42 Å². The number of hydroxylamine groups is 1. The van der Waals surface area contributed by atoms with E-state index in [-0.39, 0.29) is 4.58 Å². The Kier molecular flexibility index (Phi) is 16.9. The SMILES string of the molecule is CCCCCCCCCCCCCCCCCC(=O)N(O)Cl. The molecule has 0 spiro atoms. The van der Waals surface area contributed by atoms with Crippen molar-refractivity contribution in [2.45, 2.75) is 110 Å². The molecule has 0 radical (unpaired) electrons. The van der Waals surface area contributed by atoms with Crippen LogP contribution in [-0.4, -0.2) is 15.7 Å². The molecule has 0 atom stereocenters. The lowest BCUT2D eigenvalue weighted by Crippen LogP contribution is -2.16. The molecule has 0 aliphatic rings. The van der Waals surface area contributed by atoms with Crippen molar-refractivity contribution >= 4 is 17.7 Å². The minimum Gasteiger partial charge on any atom is -0.271 e. The van der Waals surface area contributed by atoms with Crippen molar-refractivity contribution in [1.29, 1.82) is 0 Å². The van der Waals surface area contributed by atoms with Crippen molar-refractivity contribution in [1.82, 2.24) is 4.58 Å². The molecule has 0 aliphatic carbocycles. The highest BCUT2D eigenvalue weighted by Crippen LogP contribution is 2.13. The first-order valence-corrected chi connectivity index (χ1v) is 9.70. The zero-order valence-corrected chi connectivity index (χ0v) is 15.3. The van der Waals surface area contributed by atoms with E-state index in [4.69, 9.17) is 17.0 Å². The van der Waals surface area contributed by atoms with Crippen LogP contribution in [0.4, 0.5) is 0 Å². The molecule has 0 aromatic carbocycles. The molecule has 0 fully saturated rings. The second kappa shape index (κ2) is 17.1. The third kappa shape index (κ3) is 16.1. The number of hydrogen-bond acceptors (Lipinski definition) is 2. The van der Waals surface area contributed by atoms with E-state index in [9.17, 15) is 4.79 Å². The van der Waals surface area contributed by atoms with E-state index in [1.54, 1.807) is 0 Å². The van der Waals surface area contributed by atoms with Crippen LogP contribution in [-0.2, 0) is 4.79 Å². The molecule has 3 nitrogen and oxygen atoms in total. The van der Waals surface area contributed by atoms with E-state index < -0.39 is 5.91 Å². The highest BCUT2D eigenvalue weighted by molar-refractivity contribution is 6.19. The molecule has 0 unspecified atom stereocenters. The van der Waals surface area contributed by atoms with Crippen molar-refractivity contribution in [3.63, 3.8) is 0 Å². The third-order valence-electron chi connectivity index (χ3n) is 4.20. The molecule has 22 heavy (non-hydrogen) atoms. The molecule has 132 valence electrons. The van der Waals surface area contributed by atoms with Gasteiger partial charge in [0, 0.05) is 18.2 Å². The van der Waals surface area contributed by atoms with Crippen LogP contribution < -0.4 is 0 Å². The van der Waals surface area contributed by atoms with Gasteiger partial charge in [0.05, 0.1) is 0 Å². The molecule has 4 heteroatoms. The minimum atomic E-state index is -0.406. The normalized spacial score (nSPS) is 10.9. The maximum Gasteiger partial charge on any atom is 0.261 e. The van der Waals surface area contributed by atoms with E-state index in [1.165, 1.54) is 83.5 Å². The van der Waals surface area contributed by atoms with Crippen molar-refractivity contribution in [3.05, 3.63) is 0 Å². The molecule has 0 rings (SSSR count). The first-order chi connectivity index (χ1) is 10.7. The maximum atomic E-state index is 11.0. The second-order valence-electron chi connectivity index (χ2n) is 6.35. The van der Waals surface area contributed by atoms with Gasteiger partial charge in [-0.25, -0.2) is 0 Å². The van der Waals surface area contributed by atoms with Crippen molar-refractivity contribution in [2.75, 3.05) is 0 Å². The van der Waals surface area contributed by atoms with Gasteiger partial charge in [0.1, 0.15) is 0 Å². The number of rotatable bonds is 16. The zero-order valence-electron chi connectivity index (χ0n) is 14.5. The van der Waals surface area contributed by atoms with Crippen molar-refractivity contribution < 1.29 is 10.0 Å². The van der Waals surface area contributed by atoms with E-state index in [0.717, 1.165) is 12.8 Å². The fourth-order valence-corrected chi connectivity index (χ4v) is 2.82. The topological polar surface area (TPSA) is 40.5 Å². The van der Waals surface area contributed by atoms with Crippen LogP contribution in [0.3, 0.4) is 0 Å². The number of carbonyl (C=O) groups is 1. The first-order valence-electron chi connectivity index (χ1n) is 9.36. The average Bonchev–Trinajstić information content (AvgIpc) is 2.50. The van der Waals surface area contributed by atoms with Gasteiger partial charge in [-0.3, -0.25) is 10.0 Å². The van der Waals surface area contributed by atoms with Crippen LogP contribution in [0.1, 0.15) is 110 Å². The Bertz CT molecular complexity index is 247. The Balaban J connectivity index is 3.04. The van der Waals surface area contributed by atoms with Gasteiger partial charge >= 0.3 is 0 Å². The molecule has 0 aromatic heterocycles. The average molecular weight is 334 g/mol. The summed E-state index contributed by atoms with van der Waals surface area (Å²) in [5, 5.41) is 8.69. The largest absolute Gasteiger partial charge is 0.271 e. The summed E-state index contributed by atoms with van der Waals surface area (Å²) in [5.74, 6) is -0.406. The summed E-state index contributed by atoms with van der Waals surface area (Å²) in [6.07, 6.45) is 19.9. The predicted octanol–water partition coefficient (Wildman–Crippen LogP) is 6.62. The molecule has 0 aliphatic heterocycles. The standard InChI is InChI=1S/C18H36ClNO2/c1-2-3-4-5-6-7-8-9-10-11-12-13-14-15-16-17-18(21)20(19)22/h22H,2-17H2,1H3. The highest BCUT2D eigenvalue weighted by atomic mass is 35.5. The fraction of sp³-hybridized carbons (Fsp3) is 0.944. The van der Waals surface area contributed by atoms with Crippen molar-refractivity contribution in [3.8, 4) is 0 Å². The number of carbonyl (C=O) groups excluding carboxylic acids is 1. The number of amides is 1. The number of halogens is 1. The lowest BCUT2D eigenvalue weighted by molar-refractivity contribution is -0.146. The van der Waals surface area contributed by atoms with Gasteiger partial charge < -0.3 is 0 Å². The maximum absolute atomic E-state index is 11.0. The highest BCUT2D eigenvalue weighted by Gasteiger charge is 2.06. The van der Waals surface area contributed by atoms with Crippen molar-refractivity contribution in [2.24, 2.45) is 0 Å². The van der Waals surface area contributed by atoms with Crippen LogP contribution in [0.15, 0.2) is 0 Å². The summed E-state index contributed by atoms with van der Waals surface area (Å²) in [7, 11) is 0. The molecule has 0 saturated heterocycles. The molecule has 1 amide bonds. The van der Waals surface area contributed by atoms with Gasteiger partial charge in [-0.15, -0.1) is 4.58 Å². The molecule has 1 N–H and O–H groups in total. The molecular formula is C18H36ClNO2. The third-order valence-corrected chi connectivity index (χ3v) is 4.39. The Morgan fingerprint density at radius 2 is 1.05 bits per heavy atom. The lowest BCUT2D eigenvalue weighted by Gasteiger charge is -2.05. The van der Waals surface area contributed by atoms with E-state index in [1.807, 2.05) is 0 Å². The predicted molar refractivity (Wildman–Crippen MR) is 94.0 cm³/mol. The molecule has 0 aromatic rings. The van der Waals surface area contributed by atoms with Crippen LogP contribution in [0.25, 0.3) is 0 Å². The summed E-state index contributed by atoms with van der Waals surface area (Å²) < 4.78 is 0.170. The van der Waals surface area contributed by atoms with Gasteiger partial charge in [-0.05, 0) is 6.42 Å². The summed E-state index contributed by atoms with van der Waals surface area (Å²) in [6, 6.07) is 0. The van der Waals surface area contributed by atoms with Crippen LogP contribution in [0.5, 0.6) is 0 Å². The Labute approximate surface area is 142 Å². The minimum absolute atomic E-state index is 0.170. The van der Waals surface area contributed by atoms with Crippen LogP contribution in [0.2, 0.25) is 0 Å². The molecule has 0 bridgehead atoms. The van der Waals surface area contributed by atoms with Gasteiger partial charge in [0.2, 0.25) is 0 Å². The number of unbranched alkanes of at least 4 members (excludes halogenated alkanes) is 14. The van der Waals surface area contributed by atoms with Crippen LogP contribution in [0, 0.1) is 0 Å². The monoisotopic (exact) mass is 333 g/mol. The summed E-state index contributed by atoms with van der Waals surface area (Å²) in [5.41, 5.74) is 0. The lowest BCUT2D eigenvalue weighted by atomic mass is 10.0. The number of nitrogens with zero attached hydrogens (tertiary/aromatic N) is 1. The molecule has 0 heterocycles. The first kappa shape index (κ1) is 21.7. The van der Waals surface area contributed by atoms with Crippen LogP contribution >= 0.6 is 11.8 Å². The van der Waals surface area contributed by atoms with Gasteiger partial charge in [-0.2, -0.15) is 0 Å². The molecular weight excluding hydrogens is 298 g/mol. The Morgan fingerprint density at radius 3 is 1.36 bits per heavy atom. The Morgan fingerprint density at radius 1 is 0.727 bits per heavy atom. The van der Waals surface area contributed by atoms with E-state index in [2.05, 4.69) is 6.92 Å². The second-order valence-corrected chi connectivity index (χ2v) is 6.67. The van der Waals surface area contributed by atoms with Gasteiger partial charge in [0.25, 0.3) is 5.91 Å². The fourth-order valence-electron chi connectivity index (χ4n) is 2.74.